The highest BCUT2D eigenvalue weighted by molar-refractivity contribution is 9.10. The van der Waals surface area contributed by atoms with Crippen LogP contribution in [0.2, 0.25) is 5.02 Å². The van der Waals surface area contributed by atoms with Gasteiger partial charge in [-0.2, -0.15) is 5.10 Å². The first-order valence-electron chi connectivity index (χ1n) is 9.07. The van der Waals surface area contributed by atoms with Gasteiger partial charge in [-0.05, 0) is 52.7 Å². The van der Waals surface area contributed by atoms with Gasteiger partial charge in [0, 0.05) is 42.8 Å². The average Bonchev–Trinajstić information content (AvgIpc) is 3.28. The molecule has 146 valence electrons. The number of hydrogen-bond donors (Lipinski definition) is 2. The second kappa shape index (κ2) is 8.11. The number of furan rings is 1. The Hall–Kier alpha value is -2.09. The van der Waals surface area contributed by atoms with E-state index in [9.17, 15) is 4.79 Å². The Kier molecular flexibility index (Phi) is 5.57. The summed E-state index contributed by atoms with van der Waals surface area (Å²) in [6, 6.07) is 11.3. The summed E-state index contributed by atoms with van der Waals surface area (Å²) in [4.78, 5) is 12.9. The molecule has 1 amide bonds. The number of nitrogens with one attached hydrogen (secondary N) is 2. The smallest absolute Gasteiger partial charge is 0.287 e. The van der Waals surface area contributed by atoms with Crippen LogP contribution in [0.1, 0.15) is 28.5 Å². The third-order valence-electron chi connectivity index (χ3n) is 5.06. The molecule has 0 spiro atoms. The first-order valence-corrected chi connectivity index (χ1v) is 10.2. The zero-order chi connectivity index (χ0) is 19.7. The maximum absolute atomic E-state index is 12.9. The number of amides is 1. The first kappa shape index (κ1) is 19.2. The molecule has 8 heteroatoms. The molecule has 0 aliphatic carbocycles. The molecule has 1 aliphatic rings. The normalized spacial score (nSPS) is 19.5. The number of piperidine rings is 1. The third-order valence-corrected chi connectivity index (χ3v) is 5.90. The van der Waals surface area contributed by atoms with E-state index in [0.29, 0.717) is 17.3 Å². The highest BCUT2D eigenvalue weighted by atomic mass is 79.9. The summed E-state index contributed by atoms with van der Waals surface area (Å²) in [5, 5.41) is 11.3. The van der Waals surface area contributed by atoms with E-state index in [1.807, 2.05) is 37.4 Å². The molecule has 3 aromatic rings. The zero-order valence-electron chi connectivity index (χ0n) is 15.3. The van der Waals surface area contributed by atoms with Crippen LogP contribution in [0.3, 0.4) is 0 Å². The first-order chi connectivity index (χ1) is 13.5. The highest BCUT2D eigenvalue weighted by Crippen LogP contribution is 2.32. The topological polar surface area (TPSA) is 72.1 Å². The van der Waals surface area contributed by atoms with E-state index in [1.54, 1.807) is 16.9 Å². The van der Waals surface area contributed by atoms with E-state index in [4.69, 9.17) is 16.0 Å². The molecular weight excluding hydrogens is 444 g/mol. The van der Waals surface area contributed by atoms with Crippen LogP contribution in [0.4, 0.5) is 0 Å². The zero-order valence-corrected chi connectivity index (χ0v) is 17.6. The SMILES string of the molecule is Cn1nccc1-c1oc(C(=O)N[C@@H]2CNCC[C@H]2c2ccc(Cl)cc2)cc1Br. The standard InChI is InChI=1S/C20H20BrClN4O2/c1-26-17(7-9-24-26)19-15(21)10-18(28-19)20(27)25-16-11-23-8-6-14(16)12-2-4-13(22)5-3-12/h2-5,7,9-10,14,16,23H,6,8,11H2,1H3,(H,25,27)/t14-,16+/m0/s1. The van der Waals surface area contributed by atoms with Gasteiger partial charge < -0.3 is 15.1 Å². The van der Waals surface area contributed by atoms with Crippen LogP contribution in [-0.4, -0.2) is 34.8 Å². The van der Waals surface area contributed by atoms with Gasteiger partial charge in [-0.1, -0.05) is 23.7 Å². The van der Waals surface area contributed by atoms with Gasteiger partial charge in [-0.25, -0.2) is 0 Å². The lowest BCUT2D eigenvalue weighted by Crippen LogP contribution is -2.50. The monoisotopic (exact) mass is 462 g/mol. The number of aromatic nitrogens is 2. The quantitative estimate of drug-likeness (QED) is 0.614. The largest absolute Gasteiger partial charge is 0.448 e. The van der Waals surface area contributed by atoms with Crippen LogP contribution in [0.25, 0.3) is 11.5 Å². The molecule has 2 aromatic heterocycles. The summed E-state index contributed by atoms with van der Waals surface area (Å²) >= 11 is 9.50. The summed E-state index contributed by atoms with van der Waals surface area (Å²) in [6.45, 7) is 1.62. The van der Waals surface area contributed by atoms with Crippen LogP contribution >= 0.6 is 27.5 Å². The Labute approximate surface area is 176 Å². The molecule has 0 saturated carbocycles. The fraction of sp³-hybridized carbons (Fsp3) is 0.300. The molecule has 1 fully saturated rings. The molecule has 0 bridgehead atoms. The molecule has 6 nitrogen and oxygen atoms in total. The van der Waals surface area contributed by atoms with Crippen molar-refractivity contribution < 1.29 is 9.21 Å². The minimum Gasteiger partial charge on any atom is -0.448 e. The molecule has 28 heavy (non-hydrogen) atoms. The van der Waals surface area contributed by atoms with Crippen molar-refractivity contribution >= 4 is 33.4 Å². The Bertz CT molecular complexity index is 983. The van der Waals surface area contributed by atoms with Gasteiger partial charge in [-0.3, -0.25) is 9.48 Å². The molecule has 1 aromatic carbocycles. The lowest BCUT2D eigenvalue weighted by molar-refractivity contribution is 0.0897. The maximum Gasteiger partial charge on any atom is 0.287 e. The van der Waals surface area contributed by atoms with E-state index in [1.165, 1.54) is 5.56 Å². The Morgan fingerprint density at radius 1 is 1.36 bits per heavy atom. The van der Waals surface area contributed by atoms with Crippen molar-refractivity contribution in [2.24, 2.45) is 7.05 Å². The van der Waals surface area contributed by atoms with Crippen LogP contribution in [0.5, 0.6) is 0 Å². The van der Waals surface area contributed by atoms with Crippen molar-refractivity contribution in [1.82, 2.24) is 20.4 Å². The Morgan fingerprint density at radius 3 is 2.86 bits per heavy atom. The summed E-state index contributed by atoms with van der Waals surface area (Å²) in [7, 11) is 1.83. The van der Waals surface area contributed by atoms with Gasteiger partial charge >= 0.3 is 0 Å². The number of halogens is 2. The van der Waals surface area contributed by atoms with E-state index >= 15 is 0 Å². The number of aryl methyl sites for hydroxylation is 1. The predicted octanol–water partition coefficient (Wildman–Crippen LogP) is 3.97. The minimum atomic E-state index is -0.234. The van der Waals surface area contributed by atoms with Crippen LogP contribution in [0, 0.1) is 0 Å². The number of hydrogen-bond acceptors (Lipinski definition) is 4. The van der Waals surface area contributed by atoms with Crippen molar-refractivity contribution in [2.45, 2.75) is 18.4 Å². The van der Waals surface area contributed by atoms with Gasteiger partial charge in [0.2, 0.25) is 0 Å². The number of benzene rings is 1. The van der Waals surface area contributed by atoms with E-state index in [-0.39, 0.29) is 23.6 Å². The second-order valence-corrected chi connectivity index (χ2v) is 8.15. The van der Waals surface area contributed by atoms with Gasteiger partial charge in [-0.15, -0.1) is 0 Å². The van der Waals surface area contributed by atoms with Crippen molar-refractivity contribution in [3.05, 3.63) is 63.4 Å². The molecule has 1 saturated heterocycles. The molecule has 2 atom stereocenters. The fourth-order valence-electron chi connectivity index (χ4n) is 3.61. The number of carbonyl (C=O) groups is 1. The Balaban J connectivity index is 1.54. The molecule has 4 rings (SSSR count). The van der Waals surface area contributed by atoms with Crippen LogP contribution in [-0.2, 0) is 7.05 Å². The molecule has 3 heterocycles. The lowest BCUT2D eigenvalue weighted by atomic mass is 9.86. The maximum atomic E-state index is 12.9. The average molecular weight is 464 g/mol. The molecule has 0 unspecified atom stereocenters. The van der Waals surface area contributed by atoms with E-state index < -0.39 is 0 Å². The highest BCUT2D eigenvalue weighted by Gasteiger charge is 2.29. The molecule has 1 aliphatic heterocycles. The van der Waals surface area contributed by atoms with Gasteiger partial charge in [0.1, 0.15) is 5.69 Å². The summed E-state index contributed by atoms with van der Waals surface area (Å²) in [5.74, 6) is 0.837. The van der Waals surface area contributed by atoms with E-state index in [2.05, 4.69) is 31.7 Å². The lowest BCUT2D eigenvalue weighted by Gasteiger charge is -2.33. The Morgan fingerprint density at radius 2 is 2.14 bits per heavy atom. The minimum absolute atomic E-state index is 0.0357. The third kappa shape index (κ3) is 3.87. The summed E-state index contributed by atoms with van der Waals surface area (Å²) in [5.41, 5.74) is 1.97. The number of rotatable bonds is 4. The van der Waals surface area contributed by atoms with Gasteiger partial charge in [0.05, 0.1) is 4.47 Å². The van der Waals surface area contributed by atoms with Gasteiger partial charge in [0.25, 0.3) is 5.91 Å². The van der Waals surface area contributed by atoms with Gasteiger partial charge in [0.15, 0.2) is 11.5 Å². The summed E-state index contributed by atoms with van der Waals surface area (Å²) in [6.07, 6.45) is 2.63. The van der Waals surface area contributed by atoms with Crippen molar-refractivity contribution in [3.8, 4) is 11.5 Å². The van der Waals surface area contributed by atoms with Crippen molar-refractivity contribution in [3.63, 3.8) is 0 Å². The van der Waals surface area contributed by atoms with Crippen LogP contribution < -0.4 is 10.6 Å². The predicted molar refractivity (Wildman–Crippen MR) is 112 cm³/mol. The van der Waals surface area contributed by atoms with Crippen molar-refractivity contribution in [2.75, 3.05) is 13.1 Å². The second-order valence-electron chi connectivity index (χ2n) is 6.86. The van der Waals surface area contributed by atoms with Crippen LogP contribution in [0.15, 0.2) is 51.5 Å². The molecule has 2 N–H and O–H groups in total. The van der Waals surface area contributed by atoms with Crippen molar-refractivity contribution in [1.29, 1.82) is 0 Å². The fourth-order valence-corrected chi connectivity index (χ4v) is 4.23. The van der Waals surface area contributed by atoms with E-state index in [0.717, 1.165) is 23.1 Å². The summed E-state index contributed by atoms with van der Waals surface area (Å²) < 4.78 is 8.26. The number of carbonyl (C=O) groups excluding carboxylic acids is 1. The molecule has 0 radical (unpaired) electrons. The molecular formula is C20H20BrClN4O2. The number of nitrogens with zero attached hydrogens (tertiary/aromatic N) is 2.